The summed E-state index contributed by atoms with van der Waals surface area (Å²) >= 11 is 0. The maximum absolute atomic E-state index is 12.8. The number of fused-ring (bicyclic) bond motifs is 3. The molecule has 35 heavy (non-hydrogen) atoms. The molecule has 7 nitrogen and oxygen atoms in total. The lowest BCUT2D eigenvalue weighted by Crippen LogP contribution is -2.32. The maximum Gasteiger partial charge on any atom is 0.340 e. The largest absolute Gasteiger partial charge is 0.462 e. The molecule has 0 amide bonds. The Balaban J connectivity index is 1.90. The van der Waals surface area contributed by atoms with Crippen molar-refractivity contribution in [3.05, 3.63) is 65.2 Å². The molecule has 4 aromatic rings. The molecule has 2 aromatic carbocycles. The van der Waals surface area contributed by atoms with E-state index in [1.54, 1.807) is 13.0 Å². The first-order valence-corrected chi connectivity index (χ1v) is 12.0. The topological polar surface area (TPSA) is 73.9 Å². The Morgan fingerprint density at radius 3 is 2.63 bits per heavy atom. The fourth-order valence-corrected chi connectivity index (χ4v) is 5.17. The van der Waals surface area contributed by atoms with Crippen LogP contribution in [-0.2, 0) is 4.74 Å². The van der Waals surface area contributed by atoms with Gasteiger partial charge in [0.2, 0.25) is 0 Å². The molecule has 1 saturated heterocycles. The molecular weight excluding hydrogens is 438 g/mol. The number of rotatable bonds is 5. The highest BCUT2D eigenvalue weighted by Crippen LogP contribution is 2.41. The number of anilines is 1. The Morgan fingerprint density at radius 1 is 1.20 bits per heavy atom. The number of hydrogen-bond donors (Lipinski definition) is 0. The highest BCUT2D eigenvalue weighted by atomic mass is 16.5. The number of esters is 1. The van der Waals surface area contributed by atoms with E-state index in [2.05, 4.69) is 46.5 Å². The SMILES string of the molecule is CCOC(=O)c1cccc2c1nc1c(C#N)c(C)c(-c3ccccc3)c(N3CC[C@H](N(C)C)C3)n12. The molecule has 0 bridgehead atoms. The van der Waals surface area contributed by atoms with E-state index in [1.807, 2.05) is 37.3 Å². The van der Waals surface area contributed by atoms with Crippen molar-refractivity contribution >= 4 is 28.5 Å². The third-order valence-electron chi connectivity index (χ3n) is 6.96. The fourth-order valence-electron chi connectivity index (χ4n) is 5.17. The number of pyridine rings is 1. The molecule has 0 aliphatic carbocycles. The summed E-state index contributed by atoms with van der Waals surface area (Å²) in [4.78, 5) is 22.3. The van der Waals surface area contributed by atoms with Gasteiger partial charge in [-0.1, -0.05) is 36.4 Å². The van der Waals surface area contributed by atoms with Crippen molar-refractivity contribution in [2.75, 3.05) is 38.7 Å². The molecule has 5 rings (SSSR count). The van der Waals surface area contributed by atoms with Crippen molar-refractivity contribution in [2.45, 2.75) is 26.3 Å². The van der Waals surface area contributed by atoms with Crippen molar-refractivity contribution in [1.29, 1.82) is 5.26 Å². The van der Waals surface area contributed by atoms with Crippen molar-refractivity contribution in [3.8, 4) is 17.2 Å². The van der Waals surface area contributed by atoms with Crippen LogP contribution in [-0.4, -0.2) is 60.1 Å². The van der Waals surface area contributed by atoms with E-state index in [9.17, 15) is 10.1 Å². The molecule has 0 spiro atoms. The van der Waals surface area contributed by atoms with Crippen LogP contribution in [0.2, 0.25) is 0 Å². The number of para-hydroxylation sites is 1. The molecule has 3 heterocycles. The summed E-state index contributed by atoms with van der Waals surface area (Å²) in [6, 6.07) is 18.6. The number of likely N-dealkylation sites (N-methyl/N-ethyl adjacent to an activating group) is 1. The molecule has 0 N–H and O–H groups in total. The quantitative estimate of drug-likeness (QED) is 0.398. The molecule has 1 fully saturated rings. The summed E-state index contributed by atoms with van der Waals surface area (Å²) in [6.07, 6.45) is 1.04. The van der Waals surface area contributed by atoms with Gasteiger partial charge in [-0.25, -0.2) is 9.78 Å². The number of carbonyl (C=O) groups is 1. The van der Waals surface area contributed by atoms with Gasteiger partial charge < -0.3 is 14.5 Å². The Kier molecular flexibility index (Phi) is 5.91. The standard InChI is InChI=1S/C28H29N5O2/c1-5-35-28(34)21-12-9-13-23-25(21)30-26-22(16-29)18(2)24(19-10-7-6-8-11-19)27(33(23)26)32-15-14-20(17-32)31(3)4/h6-13,20H,5,14-15,17H2,1-4H3/t20-/m0/s1. The van der Waals surface area contributed by atoms with Crippen LogP contribution in [0.1, 0.15) is 34.8 Å². The summed E-state index contributed by atoms with van der Waals surface area (Å²) in [6.45, 7) is 5.83. The Labute approximate surface area is 205 Å². The zero-order valence-corrected chi connectivity index (χ0v) is 20.6. The van der Waals surface area contributed by atoms with Gasteiger partial charge in [0.05, 0.1) is 23.3 Å². The second-order valence-electron chi connectivity index (χ2n) is 9.19. The van der Waals surface area contributed by atoms with Gasteiger partial charge in [0.15, 0.2) is 5.65 Å². The lowest BCUT2D eigenvalue weighted by atomic mass is 9.97. The Morgan fingerprint density at radius 2 is 1.97 bits per heavy atom. The van der Waals surface area contributed by atoms with Gasteiger partial charge in [-0.3, -0.25) is 4.40 Å². The first-order chi connectivity index (χ1) is 17.0. The first-order valence-electron chi connectivity index (χ1n) is 12.0. The van der Waals surface area contributed by atoms with Crippen molar-refractivity contribution in [2.24, 2.45) is 0 Å². The Hall–Kier alpha value is -3.89. The van der Waals surface area contributed by atoms with Gasteiger partial charge in [-0.2, -0.15) is 5.26 Å². The smallest absolute Gasteiger partial charge is 0.340 e. The van der Waals surface area contributed by atoms with Crippen LogP contribution in [0.5, 0.6) is 0 Å². The third-order valence-corrected chi connectivity index (χ3v) is 6.96. The number of imidazole rings is 1. The third kappa shape index (κ3) is 3.71. The summed E-state index contributed by atoms with van der Waals surface area (Å²) < 4.78 is 7.38. The number of ether oxygens (including phenoxy) is 1. The van der Waals surface area contributed by atoms with Gasteiger partial charge >= 0.3 is 5.97 Å². The molecule has 0 unspecified atom stereocenters. The Bertz CT molecular complexity index is 1470. The van der Waals surface area contributed by atoms with Gasteiger partial charge in [-0.15, -0.1) is 0 Å². The molecular formula is C28H29N5O2. The molecule has 1 aliphatic rings. The monoisotopic (exact) mass is 467 g/mol. The number of nitriles is 1. The summed E-state index contributed by atoms with van der Waals surface area (Å²) in [5.74, 6) is 0.603. The first kappa shape index (κ1) is 22.9. The number of benzene rings is 2. The van der Waals surface area contributed by atoms with Crippen LogP contribution >= 0.6 is 0 Å². The average Bonchev–Trinajstić information content (AvgIpc) is 3.49. The zero-order valence-electron chi connectivity index (χ0n) is 20.6. The number of aromatic nitrogens is 2. The van der Waals surface area contributed by atoms with E-state index in [0.717, 1.165) is 47.5 Å². The number of hydrogen-bond acceptors (Lipinski definition) is 6. The van der Waals surface area contributed by atoms with Crippen LogP contribution in [0, 0.1) is 18.3 Å². The molecule has 178 valence electrons. The second-order valence-corrected chi connectivity index (χ2v) is 9.19. The predicted molar refractivity (Wildman–Crippen MR) is 138 cm³/mol. The number of nitrogens with zero attached hydrogens (tertiary/aromatic N) is 5. The average molecular weight is 468 g/mol. The number of carbonyl (C=O) groups excluding carboxylic acids is 1. The minimum Gasteiger partial charge on any atom is -0.462 e. The fraction of sp³-hybridized carbons (Fsp3) is 0.321. The van der Waals surface area contributed by atoms with E-state index >= 15 is 0 Å². The molecule has 0 radical (unpaired) electrons. The molecule has 1 atom stereocenters. The highest BCUT2D eigenvalue weighted by molar-refractivity contribution is 6.04. The highest BCUT2D eigenvalue weighted by Gasteiger charge is 2.31. The lowest BCUT2D eigenvalue weighted by Gasteiger charge is -2.27. The lowest BCUT2D eigenvalue weighted by molar-refractivity contribution is 0.0528. The molecule has 2 aromatic heterocycles. The second kappa shape index (κ2) is 9.05. The maximum atomic E-state index is 12.8. The molecule has 1 aliphatic heterocycles. The molecule has 0 saturated carbocycles. The normalized spacial score (nSPS) is 15.8. The van der Waals surface area contributed by atoms with Gasteiger partial charge in [0.1, 0.15) is 17.4 Å². The van der Waals surface area contributed by atoms with Gasteiger partial charge in [0.25, 0.3) is 0 Å². The van der Waals surface area contributed by atoms with Crippen LogP contribution in [0.15, 0.2) is 48.5 Å². The van der Waals surface area contributed by atoms with Crippen molar-refractivity contribution in [3.63, 3.8) is 0 Å². The van der Waals surface area contributed by atoms with E-state index < -0.39 is 5.97 Å². The van der Waals surface area contributed by atoms with Crippen molar-refractivity contribution in [1.82, 2.24) is 14.3 Å². The van der Waals surface area contributed by atoms with Crippen molar-refractivity contribution < 1.29 is 9.53 Å². The predicted octanol–water partition coefficient (Wildman–Crippen LogP) is 4.65. The summed E-state index contributed by atoms with van der Waals surface area (Å²) in [5.41, 5.74) is 5.81. The van der Waals surface area contributed by atoms with Gasteiger partial charge in [-0.05, 0) is 57.6 Å². The van der Waals surface area contributed by atoms with Crippen LogP contribution in [0.4, 0.5) is 5.82 Å². The van der Waals surface area contributed by atoms with Gasteiger partial charge in [0, 0.05) is 24.7 Å². The molecule has 7 heteroatoms. The minimum atomic E-state index is -0.407. The van der Waals surface area contributed by atoms with E-state index in [1.165, 1.54) is 0 Å². The van der Waals surface area contributed by atoms with E-state index in [0.29, 0.717) is 28.3 Å². The van der Waals surface area contributed by atoms with Crippen LogP contribution in [0.3, 0.4) is 0 Å². The van der Waals surface area contributed by atoms with Crippen LogP contribution in [0.25, 0.3) is 27.8 Å². The van der Waals surface area contributed by atoms with E-state index in [4.69, 9.17) is 9.72 Å². The minimum absolute atomic E-state index is 0.286. The van der Waals surface area contributed by atoms with Crippen LogP contribution < -0.4 is 4.90 Å². The van der Waals surface area contributed by atoms with E-state index in [-0.39, 0.29) is 6.61 Å². The summed E-state index contributed by atoms with van der Waals surface area (Å²) in [5, 5.41) is 10.2. The zero-order chi connectivity index (χ0) is 24.7. The summed E-state index contributed by atoms with van der Waals surface area (Å²) in [7, 11) is 4.23.